The molecule has 0 bridgehead atoms. The summed E-state index contributed by atoms with van der Waals surface area (Å²) in [6, 6.07) is 6.93. The average Bonchev–Trinajstić information content (AvgIpc) is 3.10. The maximum absolute atomic E-state index is 12.4. The van der Waals surface area contributed by atoms with Crippen molar-refractivity contribution in [2.45, 2.75) is 25.9 Å². The number of aromatic nitrogens is 2. The van der Waals surface area contributed by atoms with E-state index in [0.29, 0.717) is 28.9 Å². The van der Waals surface area contributed by atoms with E-state index in [-0.39, 0.29) is 12.0 Å². The molecule has 1 saturated heterocycles. The van der Waals surface area contributed by atoms with Gasteiger partial charge in [0.2, 0.25) is 5.95 Å². The summed E-state index contributed by atoms with van der Waals surface area (Å²) in [6.07, 6.45) is 3.85. The Kier molecular flexibility index (Phi) is 5.27. The maximum atomic E-state index is 12.4. The molecule has 1 aromatic heterocycles. The molecule has 3 rings (SSSR count). The molecule has 0 saturated carbocycles. The first kappa shape index (κ1) is 16.7. The zero-order chi connectivity index (χ0) is 16.9. The van der Waals surface area contributed by atoms with Crippen molar-refractivity contribution in [2.24, 2.45) is 0 Å². The zero-order valence-electron chi connectivity index (χ0n) is 13.4. The summed E-state index contributed by atoms with van der Waals surface area (Å²) in [7, 11) is 0. The summed E-state index contributed by atoms with van der Waals surface area (Å²) >= 11 is 5.98. The fourth-order valence-corrected chi connectivity index (χ4v) is 2.67. The number of benzene rings is 1. The fraction of sp³-hybridized carbons (Fsp3) is 0.353. The van der Waals surface area contributed by atoms with Gasteiger partial charge in [0.15, 0.2) is 0 Å². The van der Waals surface area contributed by atoms with Gasteiger partial charge in [-0.25, -0.2) is 9.97 Å². The number of hydrogen-bond acceptors (Lipinski definition) is 5. The molecule has 1 aromatic carbocycles. The summed E-state index contributed by atoms with van der Waals surface area (Å²) in [6.45, 7) is 3.34. The van der Waals surface area contributed by atoms with Crippen molar-refractivity contribution in [1.82, 2.24) is 9.97 Å². The second kappa shape index (κ2) is 7.59. The van der Waals surface area contributed by atoms with Gasteiger partial charge in [0.1, 0.15) is 5.69 Å². The summed E-state index contributed by atoms with van der Waals surface area (Å²) in [5.74, 6) is 0.115. The molecule has 0 spiro atoms. The van der Waals surface area contributed by atoms with E-state index in [1.807, 2.05) is 13.0 Å². The van der Waals surface area contributed by atoms with Crippen molar-refractivity contribution in [3.63, 3.8) is 0 Å². The number of nitrogens with one attached hydrogen (secondary N) is 2. The molecule has 1 aliphatic heterocycles. The number of anilines is 2. The molecular formula is C17H19ClN4O2. The number of amides is 1. The van der Waals surface area contributed by atoms with Gasteiger partial charge in [-0.15, -0.1) is 0 Å². The van der Waals surface area contributed by atoms with Gasteiger partial charge in [0, 0.05) is 30.1 Å². The highest BCUT2D eigenvalue weighted by atomic mass is 35.5. The molecule has 2 N–H and O–H groups in total. The van der Waals surface area contributed by atoms with E-state index in [9.17, 15) is 4.79 Å². The van der Waals surface area contributed by atoms with E-state index < -0.39 is 0 Å². The van der Waals surface area contributed by atoms with E-state index in [1.54, 1.807) is 24.4 Å². The largest absolute Gasteiger partial charge is 0.376 e. The average molecular weight is 347 g/mol. The molecule has 2 heterocycles. The van der Waals surface area contributed by atoms with Crippen molar-refractivity contribution in [1.29, 1.82) is 0 Å². The van der Waals surface area contributed by atoms with E-state index in [0.717, 1.165) is 25.0 Å². The Morgan fingerprint density at radius 3 is 3.08 bits per heavy atom. The van der Waals surface area contributed by atoms with E-state index in [2.05, 4.69) is 20.6 Å². The molecule has 0 radical (unpaired) electrons. The van der Waals surface area contributed by atoms with Crippen LogP contribution < -0.4 is 10.6 Å². The standard InChI is InChI=1S/C17H19ClN4O2/c1-11-4-5-12(18)9-15(11)21-16(23)14-6-7-19-17(22-14)20-10-13-3-2-8-24-13/h4-7,9,13H,2-3,8,10H2,1H3,(H,21,23)(H,19,20,22). The van der Waals surface area contributed by atoms with Gasteiger partial charge in [-0.1, -0.05) is 17.7 Å². The lowest BCUT2D eigenvalue weighted by atomic mass is 10.2. The first-order chi connectivity index (χ1) is 11.6. The Balaban J connectivity index is 1.66. The van der Waals surface area contributed by atoms with Crippen LogP contribution in [0.3, 0.4) is 0 Å². The smallest absolute Gasteiger partial charge is 0.274 e. The normalized spacial score (nSPS) is 16.8. The van der Waals surface area contributed by atoms with Gasteiger partial charge in [0.05, 0.1) is 6.10 Å². The molecule has 24 heavy (non-hydrogen) atoms. The van der Waals surface area contributed by atoms with Crippen LogP contribution in [0.15, 0.2) is 30.5 Å². The lowest BCUT2D eigenvalue weighted by Gasteiger charge is -2.11. The summed E-state index contributed by atoms with van der Waals surface area (Å²) in [4.78, 5) is 20.8. The van der Waals surface area contributed by atoms with Crippen molar-refractivity contribution < 1.29 is 9.53 Å². The number of hydrogen-bond donors (Lipinski definition) is 2. The molecule has 0 aliphatic carbocycles. The van der Waals surface area contributed by atoms with Crippen LogP contribution in [-0.2, 0) is 4.74 Å². The topological polar surface area (TPSA) is 76.1 Å². The second-order valence-electron chi connectivity index (χ2n) is 5.69. The Hall–Kier alpha value is -2.18. The molecule has 1 fully saturated rings. The van der Waals surface area contributed by atoms with Crippen LogP contribution in [0, 0.1) is 6.92 Å². The summed E-state index contributed by atoms with van der Waals surface area (Å²) < 4.78 is 5.55. The minimum atomic E-state index is -0.303. The molecule has 1 atom stereocenters. The third-order valence-corrected chi connectivity index (χ3v) is 4.08. The van der Waals surface area contributed by atoms with E-state index in [1.165, 1.54) is 0 Å². The first-order valence-electron chi connectivity index (χ1n) is 7.88. The van der Waals surface area contributed by atoms with Crippen LogP contribution in [0.4, 0.5) is 11.6 Å². The lowest BCUT2D eigenvalue weighted by Crippen LogP contribution is -2.21. The number of rotatable bonds is 5. The van der Waals surface area contributed by atoms with Crippen LogP contribution in [0.2, 0.25) is 5.02 Å². The molecule has 2 aromatic rings. The third-order valence-electron chi connectivity index (χ3n) is 3.85. The quantitative estimate of drug-likeness (QED) is 0.868. The van der Waals surface area contributed by atoms with Crippen molar-refractivity contribution in [3.05, 3.63) is 46.7 Å². The number of halogens is 1. The van der Waals surface area contributed by atoms with Crippen LogP contribution >= 0.6 is 11.6 Å². The molecule has 6 nitrogen and oxygen atoms in total. The number of nitrogens with zero attached hydrogens (tertiary/aromatic N) is 2. The Labute approximate surface area is 145 Å². The number of aryl methyl sites for hydroxylation is 1. The lowest BCUT2D eigenvalue weighted by molar-refractivity contribution is 0.102. The molecule has 1 aliphatic rings. The maximum Gasteiger partial charge on any atom is 0.274 e. The summed E-state index contributed by atoms with van der Waals surface area (Å²) in [5.41, 5.74) is 1.89. The highest BCUT2D eigenvalue weighted by Crippen LogP contribution is 2.20. The van der Waals surface area contributed by atoms with Gasteiger partial charge < -0.3 is 15.4 Å². The van der Waals surface area contributed by atoms with Crippen LogP contribution in [-0.4, -0.2) is 35.1 Å². The van der Waals surface area contributed by atoms with Crippen molar-refractivity contribution in [3.8, 4) is 0 Å². The Morgan fingerprint density at radius 1 is 1.42 bits per heavy atom. The van der Waals surface area contributed by atoms with Crippen LogP contribution in [0.5, 0.6) is 0 Å². The minimum Gasteiger partial charge on any atom is -0.376 e. The van der Waals surface area contributed by atoms with Crippen LogP contribution in [0.25, 0.3) is 0 Å². The van der Waals surface area contributed by atoms with Gasteiger partial charge >= 0.3 is 0 Å². The number of carbonyl (C=O) groups excluding carboxylic acids is 1. The van der Waals surface area contributed by atoms with E-state index >= 15 is 0 Å². The zero-order valence-corrected chi connectivity index (χ0v) is 14.1. The fourth-order valence-electron chi connectivity index (χ4n) is 2.50. The predicted molar refractivity (Wildman–Crippen MR) is 93.6 cm³/mol. The minimum absolute atomic E-state index is 0.181. The molecule has 126 valence electrons. The third kappa shape index (κ3) is 4.21. The monoisotopic (exact) mass is 346 g/mol. The molecular weight excluding hydrogens is 328 g/mol. The van der Waals surface area contributed by atoms with Gasteiger partial charge in [-0.05, 0) is 43.5 Å². The number of carbonyl (C=O) groups is 1. The van der Waals surface area contributed by atoms with Crippen molar-refractivity contribution in [2.75, 3.05) is 23.8 Å². The Morgan fingerprint density at radius 2 is 2.29 bits per heavy atom. The highest BCUT2D eigenvalue weighted by molar-refractivity contribution is 6.31. The van der Waals surface area contributed by atoms with Gasteiger partial charge in [-0.2, -0.15) is 0 Å². The molecule has 1 unspecified atom stereocenters. The van der Waals surface area contributed by atoms with Gasteiger partial charge in [-0.3, -0.25) is 4.79 Å². The summed E-state index contributed by atoms with van der Waals surface area (Å²) in [5, 5.41) is 6.51. The highest BCUT2D eigenvalue weighted by Gasteiger charge is 2.16. The first-order valence-corrected chi connectivity index (χ1v) is 8.25. The second-order valence-corrected chi connectivity index (χ2v) is 6.13. The predicted octanol–water partition coefficient (Wildman–Crippen LogP) is 3.28. The van der Waals surface area contributed by atoms with E-state index in [4.69, 9.17) is 16.3 Å². The van der Waals surface area contributed by atoms with Gasteiger partial charge in [0.25, 0.3) is 5.91 Å². The molecule has 1 amide bonds. The molecule has 7 heteroatoms. The van der Waals surface area contributed by atoms with Crippen LogP contribution in [0.1, 0.15) is 28.9 Å². The number of ether oxygens (including phenoxy) is 1. The Bertz CT molecular complexity index is 732. The SMILES string of the molecule is Cc1ccc(Cl)cc1NC(=O)c1ccnc(NCC2CCCO2)n1. The van der Waals surface area contributed by atoms with Crippen molar-refractivity contribution >= 4 is 29.1 Å².